The molecule has 7 heteroatoms. The Morgan fingerprint density at radius 1 is 1.18 bits per heavy atom. The molecule has 6 rings (SSSR count). The van der Waals surface area contributed by atoms with Gasteiger partial charge in [0.1, 0.15) is 22.8 Å². The second-order valence-electron chi connectivity index (χ2n) is 9.21. The molecule has 2 bridgehead atoms. The Morgan fingerprint density at radius 3 is 2.71 bits per heavy atom. The minimum Gasteiger partial charge on any atom is -0.508 e. The number of ether oxygens (including phenoxy) is 1. The average Bonchev–Trinajstić information content (AvgIpc) is 3.20. The number of methoxy groups -OCH3 is 1. The van der Waals surface area contributed by atoms with Gasteiger partial charge in [-0.15, -0.1) is 6.42 Å². The first-order valence-electron chi connectivity index (χ1n) is 11.4. The minimum atomic E-state index is -0.599. The molecule has 2 atom stereocenters. The number of rotatable bonds is 3. The zero-order valence-corrected chi connectivity index (χ0v) is 18.8. The zero-order valence-electron chi connectivity index (χ0n) is 18.8. The van der Waals surface area contributed by atoms with Crippen molar-refractivity contribution in [2.24, 2.45) is 11.8 Å². The van der Waals surface area contributed by atoms with Crippen LogP contribution in [0, 0.1) is 30.0 Å². The molecule has 170 valence electrons. The van der Waals surface area contributed by atoms with Gasteiger partial charge in [-0.05, 0) is 54.7 Å². The van der Waals surface area contributed by atoms with Crippen molar-refractivity contribution in [3.05, 3.63) is 47.9 Å². The number of nitrogens with zero attached hydrogens (tertiary/aromatic N) is 4. The number of aromatic nitrogens is 3. The third-order valence-corrected chi connectivity index (χ3v) is 7.10. The maximum absolute atomic E-state index is 16.1. The van der Waals surface area contributed by atoms with Crippen molar-refractivity contribution in [3.63, 3.8) is 0 Å². The van der Waals surface area contributed by atoms with E-state index in [1.807, 2.05) is 6.07 Å². The van der Waals surface area contributed by atoms with Crippen LogP contribution < -0.4 is 9.64 Å². The molecule has 2 aliphatic rings. The Labute approximate surface area is 196 Å². The molecule has 1 aliphatic carbocycles. The Bertz CT molecular complexity index is 1480. The van der Waals surface area contributed by atoms with E-state index < -0.39 is 5.82 Å². The van der Waals surface area contributed by atoms with Crippen LogP contribution in [0.25, 0.3) is 32.9 Å². The fraction of sp³-hybridized carbons (Fsp3) is 0.296. The van der Waals surface area contributed by atoms with Gasteiger partial charge in [0.25, 0.3) is 0 Å². The normalized spacial score (nSPS) is 19.5. The van der Waals surface area contributed by atoms with Crippen molar-refractivity contribution in [2.45, 2.75) is 19.3 Å². The van der Waals surface area contributed by atoms with Crippen LogP contribution in [-0.4, -0.2) is 40.3 Å². The maximum Gasteiger partial charge on any atom is 0.318 e. The molecule has 1 saturated carbocycles. The molecular weight excluding hydrogens is 431 g/mol. The highest BCUT2D eigenvalue weighted by molar-refractivity contribution is 6.02. The molecule has 6 nitrogen and oxygen atoms in total. The van der Waals surface area contributed by atoms with Crippen LogP contribution in [0.2, 0.25) is 0 Å². The molecule has 0 spiro atoms. The fourth-order valence-corrected chi connectivity index (χ4v) is 5.64. The molecule has 2 fully saturated rings. The van der Waals surface area contributed by atoms with Crippen LogP contribution in [0.1, 0.15) is 24.8 Å². The van der Waals surface area contributed by atoms with Crippen LogP contribution in [0.5, 0.6) is 11.8 Å². The lowest BCUT2D eigenvalue weighted by Crippen LogP contribution is -2.37. The molecule has 0 radical (unpaired) electrons. The summed E-state index contributed by atoms with van der Waals surface area (Å²) in [5, 5.41) is 12.2. The molecule has 3 heterocycles. The van der Waals surface area contributed by atoms with E-state index in [2.05, 4.69) is 25.8 Å². The first kappa shape index (κ1) is 20.7. The van der Waals surface area contributed by atoms with Gasteiger partial charge in [0.05, 0.1) is 12.5 Å². The molecule has 4 aromatic rings. The number of hydrogen-bond donors (Lipinski definition) is 1. The summed E-state index contributed by atoms with van der Waals surface area (Å²) in [4.78, 5) is 15.7. The number of terminal acetylenes is 1. The van der Waals surface area contributed by atoms with Gasteiger partial charge >= 0.3 is 6.01 Å². The predicted molar refractivity (Wildman–Crippen MR) is 129 cm³/mol. The van der Waals surface area contributed by atoms with Crippen LogP contribution in [0.4, 0.5) is 10.2 Å². The molecule has 1 N–H and O–H groups in total. The van der Waals surface area contributed by atoms with Crippen molar-refractivity contribution in [3.8, 4) is 35.4 Å². The molecule has 1 aliphatic heterocycles. The highest BCUT2D eigenvalue weighted by Crippen LogP contribution is 2.41. The number of hydrogen-bond acceptors (Lipinski definition) is 6. The second kappa shape index (κ2) is 7.84. The van der Waals surface area contributed by atoms with Gasteiger partial charge in [0.2, 0.25) is 0 Å². The number of halogens is 1. The summed E-state index contributed by atoms with van der Waals surface area (Å²) in [6, 6.07) is 8.62. The van der Waals surface area contributed by atoms with Crippen LogP contribution in [0.3, 0.4) is 0 Å². The van der Waals surface area contributed by atoms with Gasteiger partial charge in [-0.1, -0.05) is 18.1 Å². The molecule has 34 heavy (non-hydrogen) atoms. The molecule has 0 amide bonds. The molecule has 2 unspecified atom stereocenters. The van der Waals surface area contributed by atoms with Gasteiger partial charge < -0.3 is 14.7 Å². The summed E-state index contributed by atoms with van der Waals surface area (Å²) in [6.45, 7) is 1.77. The van der Waals surface area contributed by atoms with E-state index in [1.165, 1.54) is 32.4 Å². The van der Waals surface area contributed by atoms with Crippen molar-refractivity contribution >= 4 is 27.5 Å². The van der Waals surface area contributed by atoms with Gasteiger partial charge in [-0.25, -0.2) is 4.39 Å². The maximum atomic E-state index is 16.1. The lowest BCUT2D eigenvalue weighted by Gasteiger charge is -2.33. The number of pyridine rings is 1. The van der Waals surface area contributed by atoms with Crippen LogP contribution >= 0.6 is 0 Å². The number of phenols is 1. The Kier molecular flexibility index (Phi) is 4.77. The van der Waals surface area contributed by atoms with Gasteiger partial charge in [0.15, 0.2) is 5.82 Å². The largest absolute Gasteiger partial charge is 0.508 e. The molecule has 2 aromatic carbocycles. The SMILES string of the molecule is C#Cc1cccc2cc(O)cc(-c3ncc4c(N5CC6CCC(C6)C5)nc(OC)nc4c3F)c12. The number of benzene rings is 2. The third kappa shape index (κ3) is 3.21. The van der Waals surface area contributed by atoms with E-state index in [-0.39, 0.29) is 23.0 Å². The molecule has 2 aromatic heterocycles. The van der Waals surface area contributed by atoms with E-state index >= 15 is 4.39 Å². The smallest absolute Gasteiger partial charge is 0.318 e. The molecule has 1 saturated heterocycles. The quantitative estimate of drug-likeness (QED) is 0.443. The second-order valence-corrected chi connectivity index (χ2v) is 9.21. The number of aromatic hydroxyl groups is 1. The summed E-state index contributed by atoms with van der Waals surface area (Å²) >= 11 is 0. The summed E-state index contributed by atoms with van der Waals surface area (Å²) in [5.74, 6) is 3.98. The van der Waals surface area contributed by atoms with Crippen molar-refractivity contribution in [1.82, 2.24) is 15.0 Å². The fourth-order valence-electron chi connectivity index (χ4n) is 5.64. The average molecular weight is 455 g/mol. The van der Waals surface area contributed by atoms with Crippen molar-refractivity contribution in [1.29, 1.82) is 0 Å². The standard InChI is InChI=1S/C27H23FN4O2/c1-3-17-5-4-6-18-10-19(33)11-20(22(17)18)24-23(28)25-21(12-29-24)26(31-27(30-25)34-2)32-13-15-7-8-16(9-15)14-32/h1,4-6,10-12,15-16,33H,7-9,13-14H2,2H3. The van der Waals surface area contributed by atoms with E-state index in [0.29, 0.717) is 44.9 Å². The number of phenolic OH excluding ortho intramolecular Hbond substituents is 1. The highest BCUT2D eigenvalue weighted by atomic mass is 19.1. The lowest BCUT2D eigenvalue weighted by atomic mass is 9.96. The summed E-state index contributed by atoms with van der Waals surface area (Å²) in [5.41, 5.74) is 1.22. The zero-order chi connectivity index (χ0) is 23.4. The Morgan fingerprint density at radius 2 is 1.97 bits per heavy atom. The molecular formula is C27H23FN4O2. The number of anilines is 1. The van der Waals surface area contributed by atoms with Crippen molar-refractivity contribution in [2.75, 3.05) is 25.1 Å². The summed E-state index contributed by atoms with van der Waals surface area (Å²) in [7, 11) is 1.48. The summed E-state index contributed by atoms with van der Waals surface area (Å²) < 4.78 is 21.5. The first-order chi connectivity index (χ1) is 16.6. The Balaban J connectivity index is 1.58. The highest BCUT2D eigenvalue weighted by Gasteiger charge is 2.34. The van der Waals surface area contributed by atoms with Crippen molar-refractivity contribution < 1.29 is 14.2 Å². The summed E-state index contributed by atoms with van der Waals surface area (Å²) in [6.07, 6.45) is 11.0. The lowest BCUT2D eigenvalue weighted by molar-refractivity contribution is 0.378. The first-order valence-corrected chi connectivity index (χ1v) is 11.4. The van der Waals surface area contributed by atoms with E-state index in [1.54, 1.807) is 24.4 Å². The Hall–Kier alpha value is -3.92. The predicted octanol–water partition coefficient (Wildman–Crippen LogP) is 4.92. The van der Waals surface area contributed by atoms with E-state index in [4.69, 9.17) is 11.2 Å². The number of piperidine rings is 1. The van der Waals surface area contributed by atoms with Gasteiger partial charge in [0, 0.05) is 35.8 Å². The van der Waals surface area contributed by atoms with Gasteiger partial charge in [-0.2, -0.15) is 9.97 Å². The monoisotopic (exact) mass is 454 g/mol. The van der Waals surface area contributed by atoms with Crippen LogP contribution in [0.15, 0.2) is 36.5 Å². The number of fused-ring (bicyclic) bond motifs is 4. The van der Waals surface area contributed by atoms with E-state index in [0.717, 1.165) is 13.1 Å². The van der Waals surface area contributed by atoms with E-state index in [9.17, 15) is 5.11 Å². The third-order valence-electron chi connectivity index (χ3n) is 7.10. The topological polar surface area (TPSA) is 71.4 Å². The minimum absolute atomic E-state index is 0.00252. The van der Waals surface area contributed by atoms with Gasteiger partial charge in [-0.3, -0.25) is 4.98 Å². The van der Waals surface area contributed by atoms with Crippen LogP contribution in [-0.2, 0) is 0 Å².